The molecular weight excluding hydrogens is 208 g/mol. The first kappa shape index (κ1) is 10.6. The smallest absolute Gasteiger partial charge is 0.137 e. The molecule has 0 aliphatic heterocycles. The third-order valence-electron chi connectivity index (χ3n) is 6.70. The number of carbonyl (C=O) groups is 1. The molecule has 4 aliphatic carbocycles. The summed E-state index contributed by atoms with van der Waals surface area (Å²) in [5, 5.41) is 0. The molecule has 0 aromatic carbocycles. The number of hydrogen-bond acceptors (Lipinski definition) is 1. The van der Waals surface area contributed by atoms with E-state index < -0.39 is 0 Å². The molecule has 4 rings (SSSR count). The number of fused-ring (bicyclic) bond motifs is 8. The molecule has 0 amide bonds. The fourth-order valence-corrected chi connectivity index (χ4v) is 6.81. The van der Waals surface area contributed by atoms with Gasteiger partial charge in [0.2, 0.25) is 0 Å². The summed E-state index contributed by atoms with van der Waals surface area (Å²) in [5.41, 5.74) is 0.637. The molecule has 0 aromatic heterocycles. The minimum Gasteiger partial charge on any atom is -0.299 e. The Labute approximate surface area is 104 Å². The molecule has 2 bridgehead atoms. The zero-order chi connectivity index (χ0) is 12.0. The van der Waals surface area contributed by atoms with Gasteiger partial charge in [-0.2, -0.15) is 0 Å². The van der Waals surface area contributed by atoms with Crippen molar-refractivity contribution < 1.29 is 4.79 Å². The van der Waals surface area contributed by atoms with Crippen molar-refractivity contribution in [2.45, 2.75) is 52.9 Å². The van der Waals surface area contributed by atoms with Crippen molar-refractivity contribution in [3.8, 4) is 0 Å². The second kappa shape index (κ2) is 2.81. The Kier molecular flexibility index (Phi) is 1.75. The van der Waals surface area contributed by atoms with E-state index in [1.807, 2.05) is 0 Å². The Morgan fingerprint density at radius 1 is 1.12 bits per heavy atom. The number of carbonyl (C=O) groups excluding carboxylic acids is 1. The summed E-state index contributed by atoms with van der Waals surface area (Å²) in [7, 11) is 0. The van der Waals surface area contributed by atoms with E-state index in [0.29, 0.717) is 17.1 Å². The number of ketones is 1. The molecule has 0 spiro atoms. The first-order valence-corrected chi connectivity index (χ1v) is 7.45. The van der Waals surface area contributed by atoms with Crippen molar-refractivity contribution in [3.05, 3.63) is 0 Å². The summed E-state index contributed by atoms with van der Waals surface area (Å²) < 4.78 is 0. The van der Waals surface area contributed by atoms with Gasteiger partial charge in [-0.05, 0) is 60.2 Å². The molecular formula is C16H24O. The lowest BCUT2D eigenvalue weighted by Crippen LogP contribution is -2.64. The first-order chi connectivity index (χ1) is 7.92. The average Bonchev–Trinajstić information content (AvgIpc) is 2.70. The van der Waals surface area contributed by atoms with Crippen molar-refractivity contribution in [1.82, 2.24) is 0 Å². The second-order valence-corrected chi connectivity index (χ2v) is 8.40. The van der Waals surface area contributed by atoms with Gasteiger partial charge >= 0.3 is 0 Å². The van der Waals surface area contributed by atoms with E-state index >= 15 is 0 Å². The highest BCUT2D eigenvalue weighted by Crippen LogP contribution is 2.75. The van der Waals surface area contributed by atoms with Crippen LogP contribution in [0.25, 0.3) is 0 Å². The van der Waals surface area contributed by atoms with Crippen LogP contribution in [0.5, 0.6) is 0 Å². The predicted octanol–water partition coefficient (Wildman–Crippen LogP) is 3.67. The maximum absolute atomic E-state index is 12.5. The number of Topliss-reactive ketones (excluding diaryl/α,β-unsaturated/α-hetero) is 1. The monoisotopic (exact) mass is 232 g/mol. The van der Waals surface area contributed by atoms with E-state index in [4.69, 9.17) is 0 Å². The standard InChI is InChI=1S/C16H24O/c1-15(2)7-11(17)14-12-9-4-5-10(6-9)13(12)16(14,3)8-15/h9-10,12-14H,4-8H2,1-3H3/t9-,10-,12+,13-,14+,16+/m0/s1. The average molecular weight is 232 g/mol. The Bertz CT molecular complexity index is 396. The molecule has 0 heterocycles. The highest BCUT2D eigenvalue weighted by atomic mass is 16.1. The fraction of sp³-hybridized carbons (Fsp3) is 0.938. The molecule has 0 saturated heterocycles. The number of hydrogen-bond donors (Lipinski definition) is 0. The normalized spacial score (nSPS) is 58.5. The van der Waals surface area contributed by atoms with Gasteiger partial charge in [-0.3, -0.25) is 4.79 Å². The van der Waals surface area contributed by atoms with Gasteiger partial charge in [0.15, 0.2) is 0 Å². The van der Waals surface area contributed by atoms with Gasteiger partial charge < -0.3 is 0 Å². The molecule has 0 aromatic rings. The van der Waals surface area contributed by atoms with E-state index in [-0.39, 0.29) is 5.41 Å². The molecule has 4 saturated carbocycles. The predicted molar refractivity (Wildman–Crippen MR) is 67.4 cm³/mol. The van der Waals surface area contributed by atoms with Crippen molar-refractivity contribution in [2.24, 2.45) is 40.4 Å². The van der Waals surface area contributed by atoms with Gasteiger partial charge in [-0.25, -0.2) is 0 Å². The summed E-state index contributed by atoms with van der Waals surface area (Å²) >= 11 is 0. The van der Waals surface area contributed by atoms with E-state index in [0.717, 1.165) is 30.1 Å². The zero-order valence-corrected chi connectivity index (χ0v) is 11.3. The third kappa shape index (κ3) is 1.10. The molecule has 4 fully saturated rings. The molecule has 1 nitrogen and oxygen atoms in total. The van der Waals surface area contributed by atoms with Crippen LogP contribution >= 0.6 is 0 Å². The minimum absolute atomic E-state index is 0.259. The second-order valence-electron chi connectivity index (χ2n) is 8.40. The lowest BCUT2D eigenvalue weighted by molar-refractivity contribution is -0.191. The number of rotatable bonds is 0. The molecule has 6 atom stereocenters. The quantitative estimate of drug-likeness (QED) is 0.622. The van der Waals surface area contributed by atoms with Gasteiger partial charge in [0, 0.05) is 12.3 Å². The van der Waals surface area contributed by atoms with Crippen molar-refractivity contribution in [2.75, 3.05) is 0 Å². The maximum atomic E-state index is 12.5. The van der Waals surface area contributed by atoms with Gasteiger partial charge in [0.05, 0.1) is 0 Å². The van der Waals surface area contributed by atoms with Crippen LogP contribution in [0.4, 0.5) is 0 Å². The molecule has 0 radical (unpaired) electrons. The van der Waals surface area contributed by atoms with Crippen LogP contribution in [0.15, 0.2) is 0 Å². The van der Waals surface area contributed by atoms with Crippen LogP contribution in [-0.2, 0) is 4.79 Å². The van der Waals surface area contributed by atoms with E-state index in [2.05, 4.69) is 20.8 Å². The summed E-state index contributed by atoms with van der Waals surface area (Å²) in [6, 6.07) is 0. The first-order valence-electron chi connectivity index (χ1n) is 7.45. The molecule has 0 unspecified atom stereocenters. The van der Waals surface area contributed by atoms with Gasteiger partial charge in [0.25, 0.3) is 0 Å². The van der Waals surface area contributed by atoms with Crippen LogP contribution in [0, 0.1) is 40.4 Å². The van der Waals surface area contributed by atoms with Gasteiger partial charge in [-0.15, -0.1) is 0 Å². The van der Waals surface area contributed by atoms with Crippen molar-refractivity contribution in [3.63, 3.8) is 0 Å². The molecule has 1 heteroatoms. The van der Waals surface area contributed by atoms with Crippen LogP contribution in [0.3, 0.4) is 0 Å². The van der Waals surface area contributed by atoms with E-state index in [1.165, 1.54) is 25.7 Å². The summed E-state index contributed by atoms with van der Waals surface area (Å²) in [6.07, 6.45) is 6.47. The Morgan fingerprint density at radius 2 is 1.82 bits per heavy atom. The van der Waals surface area contributed by atoms with E-state index in [1.54, 1.807) is 0 Å². The van der Waals surface area contributed by atoms with Gasteiger partial charge in [0.1, 0.15) is 5.78 Å². The molecule has 94 valence electrons. The highest BCUT2D eigenvalue weighted by Gasteiger charge is 2.71. The third-order valence-corrected chi connectivity index (χ3v) is 6.70. The zero-order valence-electron chi connectivity index (χ0n) is 11.3. The van der Waals surface area contributed by atoms with Crippen LogP contribution in [0.1, 0.15) is 52.9 Å². The summed E-state index contributed by atoms with van der Waals surface area (Å²) in [6.45, 7) is 7.04. The lowest BCUT2D eigenvalue weighted by Gasteiger charge is -2.66. The summed E-state index contributed by atoms with van der Waals surface area (Å²) in [4.78, 5) is 12.5. The fourth-order valence-electron chi connectivity index (χ4n) is 6.81. The molecule has 0 N–H and O–H groups in total. The van der Waals surface area contributed by atoms with Crippen molar-refractivity contribution >= 4 is 5.78 Å². The molecule has 4 aliphatic rings. The van der Waals surface area contributed by atoms with Crippen LogP contribution < -0.4 is 0 Å². The topological polar surface area (TPSA) is 17.1 Å². The SMILES string of the molecule is CC1(C)CC(=O)[C@@H]2[C@@H]3[C@H]4CC[C@@H](C4)[C@@H]3[C@@]2(C)C1. The highest BCUT2D eigenvalue weighted by molar-refractivity contribution is 5.85. The Morgan fingerprint density at radius 3 is 2.59 bits per heavy atom. The van der Waals surface area contributed by atoms with Crippen molar-refractivity contribution in [1.29, 1.82) is 0 Å². The summed E-state index contributed by atoms with van der Waals surface area (Å²) in [5.74, 6) is 4.69. The molecule has 17 heavy (non-hydrogen) atoms. The Hall–Kier alpha value is -0.330. The lowest BCUT2D eigenvalue weighted by atomic mass is 9.37. The van der Waals surface area contributed by atoms with Gasteiger partial charge in [-0.1, -0.05) is 20.8 Å². The van der Waals surface area contributed by atoms with Crippen LogP contribution in [-0.4, -0.2) is 5.78 Å². The largest absolute Gasteiger partial charge is 0.299 e. The minimum atomic E-state index is 0.259. The van der Waals surface area contributed by atoms with E-state index in [9.17, 15) is 4.79 Å². The van der Waals surface area contributed by atoms with Crippen LogP contribution in [0.2, 0.25) is 0 Å². The Balaban J connectivity index is 1.73. The maximum Gasteiger partial charge on any atom is 0.137 e.